The van der Waals surface area contributed by atoms with Crippen LogP contribution in [0.2, 0.25) is 0 Å². The number of rotatable bonds is 4. The lowest BCUT2D eigenvalue weighted by Gasteiger charge is -2.26. The lowest BCUT2D eigenvalue weighted by Crippen LogP contribution is -2.35. The summed E-state index contributed by atoms with van der Waals surface area (Å²) in [5.74, 6) is 1.11. The summed E-state index contributed by atoms with van der Waals surface area (Å²) in [5, 5.41) is 12.2. The van der Waals surface area contributed by atoms with Crippen LogP contribution in [0.3, 0.4) is 0 Å². The zero-order valence-corrected chi connectivity index (χ0v) is 15.3. The highest BCUT2D eigenvalue weighted by molar-refractivity contribution is 5.96. The first-order valence-electron chi connectivity index (χ1n) is 9.15. The smallest absolute Gasteiger partial charge is 0.226 e. The number of aromatic nitrogens is 2. The van der Waals surface area contributed by atoms with E-state index in [1.54, 1.807) is 12.1 Å². The molecule has 0 spiro atoms. The van der Waals surface area contributed by atoms with Gasteiger partial charge in [0, 0.05) is 31.4 Å². The average Bonchev–Trinajstić information content (AvgIpc) is 3.02. The highest BCUT2D eigenvalue weighted by atomic mass is 16.2. The van der Waals surface area contributed by atoms with Gasteiger partial charge < -0.3 is 14.8 Å². The fraction of sp³-hybridized carbons (Fsp3) is 0.286. The van der Waals surface area contributed by atoms with E-state index in [0.717, 1.165) is 47.6 Å². The van der Waals surface area contributed by atoms with Gasteiger partial charge in [0.25, 0.3) is 0 Å². The summed E-state index contributed by atoms with van der Waals surface area (Å²) in [6.45, 7) is 1.36. The lowest BCUT2D eigenvalue weighted by atomic mass is 10.1. The van der Waals surface area contributed by atoms with Gasteiger partial charge in [-0.25, -0.2) is 4.98 Å². The number of anilines is 2. The Kier molecular flexibility index (Phi) is 4.51. The van der Waals surface area contributed by atoms with Crippen molar-refractivity contribution in [3.05, 3.63) is 53.9 Å². The van der Waals surface area contributed by atoms with Crippen molar-refractivity contribution in [3.8, 4) is 6.07 Å². The van der Waals surface area contributed by atoms with E-state index in [1.807, 2.05) is 42.3 Å². The van der Waals surface area contributed by atoms with Gasteiger partial charge in [-0.2, -0.15) is 5.26 Å². The molecule has 0 radical (unpaired) electrons. The zero-order chi connectivity index (χ0) is 18.8. The van der Waals surface area contributed by atoms with E-state index in [-0.39, 0.29) is 5.91 Å². The molecule has 0 bridgehead atoms. The SMILES string of the molecule is Cn1c(CNc2ccc(C#N)cc2)nc2cc(N3CCCCC3=O)ccc21. The number of carbonyl (C=O) groups is 1. The van der Waals surface area contributed by atoms with Crippen LogP contribution >= 0.6 is 0 Å². The number of nitrogens with one attached hydrogen (secondary N) is 1. The highest BCUT2D eigenvalue weighted by Crippen LogP contribution is 2.26. The monoisotopic (exact) mass is 359 g/mol. The number of carbonyl (C=O) groups excluding carboxylic acids is 1. The molecule has 4 rings (SSSR count). The molecule has 6 nitrogen and oxygen atoms in total. The molecular weight excluding hydrogens is 338 g/mol. The van der Waals surface area contributed by atoms with Gasteiger partial charge >= 0.3 is 0 Å². The number of hydrogen-bond acceptors (Lipinski definition) is 4. The second-order valence-electron chi connectivity index (χ2n) is 6.81. The van der Waals surface area contributed by atoms with Crippen LogP contribution in [-0.2, 0) is 18.4 Å². The lowest BCUT2D eigenvalue weighted by molar-refractivity contribution is -0.119. The fourth-order valence-corrected chi connectivity index (χ4v) is 3.49. The van der Waals surface area contributed by atoms with Crippen molar-refractivity contribution >= 4 is 28.3 Å². The highest BCUT2D eigenvalue weighted by Gasteiger charge is 2.20. The number of hydrogen-bond donors (Lipinski definition) is 1. The number of benzene rings is 2. The number of nitrogens with zero attached hydrogens (tertiary/aromatic N) is 4. The van der Waals surface area contributed by atoms with Crippen LogP contribution in [0.25, 0.3) is 11.0 Å². The Balaban J connectivity index is 1.55. The minimum Gasteiger partial charge on any atom is -0.378 e. The van der Waals surface area contributed by atoms with E-state index in [1.165, 1.54) is 0 Å². The topological polar surface area (TPSA) is 74.0 Å². The molecular formula is C21H21N5O. The summed E-state index contributed by atoms with van der Waals surface area (Å²) in [6.07, 6.45) is 2.65. The molecule has 1 aromatic heterocycles. The Bertz CT molecular complexity index is 1030. The molecule has 136 valence electrons. The van der Waals surface area contributed by atoms with Gasteiger partial charge in [0.1, 0.15) is 5.82 Å². The molecule has 6 heteroatoms. The molecule has 0 saturated carbocycles. The van der Waals surface area contributed by atoms with Crippen LogP contribution in [-0.4, -0.2) is 22.0 Å². The summed E-state index contributed by atoms with van der Waals surface area (Å²) in [7, 11) is 2.00. The molecule has 1 aliphatic heterocycles. The number of fused-ring (bicyclic) bond motifs is 1. The van der Waals surface area contributed by atoms with Gasteiger partial charge in [-0.3, -0.25) is 4.79 Å². The third-order valence-electron chi connectivity index (χ3n) is 5.06. The van der Waals surface area contributed by atoms with Crippen LogP contribution in [0.5, 0.6) is 0 Å². The van der Waals surface area contributed by atoms with Gasteiger partial charge in [-0.05, 0) is 55.3 Å². The molecule has 1 saturated heterocycles. The second kappa shape index (κ2) is 7.12. The maximum atomic E-state index is 12.2. The summed E-state index contributed by atoms with van der Waals surface area (Å²) in [4.78, 5) is 18.8. The largest absolute Gasteiger partial charge is 0.378 e. The van der Waals surface area contributed by atoms with Gasteiger partial charge in [0.2, 0.25) is 5.91 Å². The molecule has 1 fully saturated rings. The maximum Gasteiger partial charge on any atom is 0.226 e. The molecule has 2 aromatic carbocycles. The molecule has 3 aromatic rings. The minimum atomic E-state index is 0.194. The summed E-state index contributed by atoms with van der Waals surface area (Å²) in [6, 6.07) is 15.5. The number of aryl methyl sites for hydroxylation is 1. The summed E-state index contributed by atoms with van der Waals surface area (Å²) < 4.78 is 2.06. The van der Waals surface area contributed by atoms with E-state index in [4.69, 9.17) is 10.2 Å². The average molecular weight is 359 g/mol. The first kappa shape index (κ1) is 17.1. The van der Waals surface area contributed by atoms with Crippen molar-refractivity contribution in [2.75, 3.05) is 16.8 Å². The van der Waals surface area contributed by atoms with E-state index >= 15 is 0 Å². The van der Waals surface area contributed by atoms with Crippen LogP contribution in [0.4, 0.5) is 11.4 Å². The predicted octanol–water partition coefficient (Wildman–Crippen LogP) is 3.57. The predicted molar refractivity (Wildman–Crippen MR) is 105 cm³/mol. The van der Waals surface area contributed by atoms with Crippen molar-refractivity contribution in [2.45, 2.75) is 25.8 Å². The summed E-state index contributed by atoms with van der Waals surface area (Å²) >= 11 is 0. The van der Waals surface area contributed by atoms with Crippen LogP contribution < -0.4 is 10.2 Å². The molecule has 0 unspecified atom stereocenters. The molecule has 0 aliphatic carbocycles. The fourth-order valence-electron chi connectivity index (χ4n) is 3.49. The van der Waals surface area contributed by atoms with Gasteiger partial charge in [0.15, 0.2) is 0 Å². The van der Waals surface area contributed by atoms with Gasteiger partial charge in [0.05, 0.1) is 29.2 Å². The quantitative estimate of drug-likeness (QED) is 0.773. The Morgan fingerprint density at radius 3 is 2.74 bits per heavy atom. The number of imidazole rings is 1. The molecule has 27 heavy (non-hydrogen) atoms. The van der Waals surface area contributed by atoms with E-state index < -0.39 is 0 Å². The Hall–Kier alpha value is -3.33. The van der Waals surface area contributed by atoms with Crippen molar-refractivity contribution < 1.29 is 4.79 Å². The number of nitriles is 1. The van der Waals surface area contributed by atoms with Crippen LogP contribution in [0.15, 0.2) is 42.5 Å². The Labute approximate surface area is 158 Å². The Morgan fingerprint density at radius 1 is 1.19 bits per heavy atom. The molecule has 1 N–H and O–H groups in total. The van der Waals surface area contributed by atoms with Crippen molar-refractivity contribution in [3.63, 3.8) is 0 Å². The van der Waals surface area contributed by atoms with Crippen molar-refractivity contribution in [2.24, 2.45) is 7.05 Å². The summed E-state index contributed by atoms with van der Waals surface area (Å²) in [5.41, 5.74) is 4.45. The molecule has 1 aliphatic rings. The van der Waals surface area contributed by atoms with Crippen LogP contribution in [0, 0.1) is 11.3 Å². The first-order valence-corrected chi connectivity index (χ1v) is 9.15. The third-order valence-corrected chi connectivity index (χ3v) is 5.06. The van der Waals surface area contributed by atoms with Gasteiger partial charge in [-0.1, -0.05) is 0 Å². The van der Waals surface area contributed by atoms with Crippen molar-refractivity contribution in [1.29, 1.82) is 5.26 Å². The van der Waals surface area contributed by atoms with Crippen molar-refractivity contribution in [1.82, 2.24) is 9.55 Å². The van der Waals surface area contributed by atoms with Gasteiger partial charge in [-0.15, -0.1) is 0 Å². The number of piperidine rings is 1. The maximum absolute atomic E-state index is 12.2. The Morgan fingerprint density at radius 2 is 2.00 bits per heavy atom. The molecule has 2 heterocycles. The molecule has 0 atom stereocenters. The second-order valence-corrected chi connectivity index (χ2v) is 6.81. The standard InChI is InChI=1S/C21H21N5O/c1-25-19-10-9-17(26-11-3-2-4-21(26)27)12-18(19)24-20(25)14-23-16-7-5-15(13-22)6-8-16/h5-10,12,23H,2-4,11,14H2,1H3. The molecule has 1 amide bonds. The number of amides is 1. The van der Waals surface area contributed by atoms with E-state index in [0.29, 0.717) is 18.5 Å². The van der Waals surface area contributed by atoms with Crippen LogP contribution in [0.1, 0.15) is 30.7 Å². The van der Waals surface area contributed by atoms with E-state index in [9.17, 15) is 4.79 Å². The first-order chi connectivity index (χ1) is 13.2. The zero-order valence-electron chi connectivity index (χ0n) is 15.3. The normalized spacial score (nSPS) is 14.4. The van der Waals surface area contributed by atoms with E-state index in [2.05, 4.69) is 16.0 Å². The third kappa shape index (κ3) is 3.36. The minimum absolute atomic E-state index is 0.194.